The molecule has 0 bridgehead atoms. The lowest BCUT2D eigenvalue weighted by atomic mass is 9.97. The largest absolute Gasteiger partial charge is 0.149 e. The lowest BCUT2D eigenvalue weighted by Crippen LogP contribution is -1.96. The van der Waals surface area contributed by atoms with Crippen molar-refractivity contribution < 1.29 is 0 Å². The molecule has 0 amide bonds. The highest BCUT2D eigenvalue weighted by Crippen LogP contribution is 2.24. The zero-order chi connectivity index (χ0) is 10.7. The summed E-state index contributed by atoms with van der Waals surface area (Å²) in [7, 11) is 0. The number of thiophene rings is 1. The number of hydrogen-bond donors (Lipinski definition) is 0. The molecule has 0 aliphatic carbocycles. The van der Waals surface area contributed by atoms with E-state index in [2.05, 4.69) is 36.6 Å². The Hall–Kier alpha value is -0.790. The SMILES string of the molecule is C[C@H](Cc1cccs1)c1cccc(Cl)c1. The van der Waals surface area contributed by atoms with E-state index in [0.29, 0.717) is 5.92 Å². The average Bonchev–Trinajstić information content (AvgIpc) is 2.70. The minimum atomic E-state index is 0.530. The van der Waals surface area contributed by atoms with Crippen LogP contribution in [-0.4, -0.2) is 0 Å². The molecular weight excluding hydrogens is 224 g/mol. The first-order valence-electron chi connectivity index (χ1n) is 5.03. The van der Waals surface area contributed by atoms with Crippen molar-refractivity contribution >= 4 is 22.9 Å². The standard InChI is InChI=1S/C13H13ClS/c1-10(8-13-6-3-7-15-13)11-4-2-5-12(14)9-11/h2-7,9-10H,8H2,1H3/t10-/m1/s1. The lowest BCUT2D eigenvalue weighted by molar-refractivity contribution is 0.769. The van der Waals surface area contributed by atoms with Crippen molar-refractivity contribution in [3.63, 3.8) is 0 Å². The predicted molar refractivity (Wildman–Crippen MR) is 67.9 cm³/mol. The molecule has 0 aliphatic heterocycles. The van der Waals surface area contributed by atoms with Gasteiger partial charge in [-0.3, -0.25) is 0 Å². The Bertz CT molecular complexity index is 420. The third-order valence-corrected chi connectivity index (χ3v) is 3.64. The Balaban J connectivity index is 2.11. The summed E-state index contributed by atoms with van der Waals surface area (Å²) in [5.74, 6) is 0.530. The van der Waals surface area contributed by atoms with Gasteiger partial charge in [0.1, 0.15) is 0 Å². The van der Waals surface area contributed by atoms with E-state index in [1.165, 1.54) is 10.4 Å². The molecular formula is C13H13ClS. The van der Waals surface area contributed by atoms with Crippen LogP contribution >= 0.6 is 22.9 Å². The Morgan fingerprint density at radius 3 is 2.80 bits per heavy atom. The van der Waals surface area contributed by atoms with Gasteiger partial charge in [0.25, 0.3) is 0 Å². The third kappa shape index (κ3) is 2.83. The molecule has 0 unspecified atom stereocenters. The zero-order valence-electron chi connectivity index (χ0n) is 8.61. The van der Waals surface area contributed by atoms with Gasteiger partial charge < -0.3 is 0 Å². The number of benzene rings is 1. The maximum atomic E-state index is 5.97. The van der Waals surface area contributed by atoms with Crippen molar-refractivity contribution in [2.45, 2.75) is 19.3 Å². The topological polar surface area (TPSA) is 0 Å². The highest BCUT2D eigenvalue weighted by Gasteiger charge is 2.07. The van der Waals surface area contributed by atoms with Crippen LogP contribution in [0.3, 0.4) is 0 Å². The van der Waals surface area contributed by atoms with Crippen LogP contribution in [0.15, 0.2) is 41.8 Å². The summed E-state index contributed by atoms with van der Waals surface area (Å²) < 4.78 is 0. The van der Waals surface area contributed by atoms with Crippen molar-refractivity contribution in [1.29, 1.82) is 0 Å². The molecule has 0 fully saturated rings. The van der Waals surface area contributed by atoms with E-state index in [4.69, 9.17) is 11.6 Å². The van der Waals surface area contributed by atoms with E-state index in [0.717, 1.165) is 11.4 Å². The van der Waals surface area contributed by atoms with Gasteiger partial charge in [0.15, 0.2) is 0 Å². The van der Waals surface area contributed by atoms with E-state index >= 15 is 0 Å². The van der Waals surface area contributed by atoms with Crippen LogP contribution < -0.4 is 0 Å². The third-order valence-electron chi connectivity index (χ3n) is 2.51. The maximum Gasteiger partial charge on any atom is 0.0408 e. The molecule has 0 saturated heterocycles. The van der Waals surface area contributed by atoms with Gasteiger partial charge >= 0.3 is 0 Å². The van der Waals surface area contributed by atoms with Gasteiger partial charge in [-0.2, -0.15) is 0 Å². The van der Waals surface area contributed by atoms with Crippen LogP contribution in [0.5, 0.6) is 0 Å². The van der Waals surface area contributed by atoms with Gasteiger partial charge in [0.05, 0.1) is 0 Å². The Kier molecular flexibility index (Phi) is 3.45. The van der Waals surface area contributed by atoms with Crippen molar-refractivity contribution in [3.05, 3.63) is 57.2 Å². The van der Waals surface area contributed by atoms with E-state index in [9.17, 15) is 0 Å². The molecule has 0 radical (unpaired) electrons. The highest BCUT2D eigenvalue weighted by atomic mass is 35.5. The van der Waals surface area contributed by atoms with Gasteiger partial charge in [0, 0.05) is 9.90 Å². The number of halogens is 1. The van der Waals surface area contributed by atoms with Gasteiger partial charge in [-0.15, -0.1) is 11.3 Å². The smallest absolute Gasteiger partial charge is 0.0408 e. The molecule has 1 aromatic carbocycles. The molecule has 2 aromatic rings. The summed E-state index contributed by atoms with van der Waals surface area (Å²) in [4.78, 5) is 1.43. The number of rotatable bonds is 3. The van der Waals surface area contributed by atoms with Crippen LogP contribution in [-0.2, 0) is 6.42 Å². The van der Waals surface area contributed by atoms with Crippen LogP contribution in [0.4, 0.5) is 0 Å². The van der Waals surface area contributed by atoms with Crippen LogP contribution in [0, 0.1) is 0 Å². The van der Waals surface area contributed by atoms with Crippen molar-refractivity contribution in [1.82, 2.24) is 0 Å². The lowest BCUT2D eigenvalue weighted by Gasteiger charge is -2.10. The first-order chi connectivity index (χ1) is 7.25. The summed E-state index contributed by atoms with van der Waals surface area (Å²) in [6, 6.07) is 12.4. The summed E-state index contributed by atoms with van der Waals surface area (Å²) >= 11 is 7.79. The van der Waals surface area contributed by atoms with Gasteiger partial charge in [0.2, 0.25) is 0 Å². The molecule has 78 valence electrons. The summed E-state index contributed by atoms with van der Waals surface area (Å²) in [6.45, 7) is 2.24. The average molecular weight is 237 g/mol. The van der Waals surface area contributed by atoms with Gasteiger partial charge in [-0.05, 0) is 41.5 Å². The fraction of sp³-hybridized carbons (Fsp3) is 0.231. The Morgan fingerprint density at radius 2 is 2.13 bits per heavy atom. The molecule has 0 spiro atoms. The second-order valence-corrected chi connectivity index (χ2v) is 5.21. The van der Waals surface area contributed by atoms with E-state index in [-0.39, 0.29) is 0 Å². The summed E-state index contributed by atoms with van der Waals surface area (Å²) in [5.41, 5.74) is 1.32. The maximum absolute atomic E-state index is 5.97. The molecule has 0 saturated carbocycles. The Labute approximate surface area is 99.5 Å². The second-order valence-electron chi connectivity index (χ2n) is 3.74. The first-order valence-corrected chi connectivity index (χ1v) is 6.29. The fourth-order valence-corrected chi connectivity index (χ4v) is 2.70. The molecule has 2 heteroatoms. The van der Waals surface area contributed by atoms with Gasteiger partial charge in [-0.1, -0.05) is 36.7 Å². The van der Waals surface area contributed by atoms with Crippen molar-refractivity contribution in [2.75, 3.05) is 0 Å². The van der Waals surface area contributed by atoms with Crippen LogP contribution in [0.1, 0.15) is 23.3 Å². The van der Waals surface area contributed by atoms with Crippen LogP contribution in [0.2, 0.25) is 5.02 Å². The zero-order valence-corrected chi connectivity index (χ0v) is 10.2. The quantitative estimate of drug-likeness (QED) is 0.722. The van der Waals surface area contributed by atoms with E-state index in [1.807, 2.05) is 23.5 Å². The molecule has 15 heavy (non-hydrogen) atoms. The second kappa shape index (κ2) is 4.82. The molecule has 0 nitrogen and oxygen atoms in total. The summed E-state index contributed by atoms with van der Waals surface area (Å²) in [6.07, 6.45) is 1.10. The molecule has 2 rings (SSSR count). The molecule has 0 N–H and O–H groups in total. The monoisotopic (exact) mass is 236 g/mol. The van der Waals surface area contributed by atoms with Crippen molar-refractivity contribution in [3.8, 4) is 0 Å². The van der Waals surface area contributed by atoms with Crippen LogP contribution in [0.25, 0.3) is 0 Å². The normalized spacial score (nSPS) is 12.7. The summed E-state index contributed by atoms with van der Waals surface area (Å²) in [5, 5.41) is 2.95. The first kappa shape index (κ1) is 10.7. The molecule has 1 aromatic heterocycles. The minimum Gasteiger partial charge on any atom is -0.149 e. The van der Waals surface area contributed by atoms with Crippen molar-refractivity contribution in [2.24, 2.45) is 0 Å². The van der Waals surface area contributed by atoms with E-state index < -0.39 is 0 Å². The van der Waals surface area contributed by atoms with E-state index in [1.54, 1.807) is 0 Å². The Morgan fingerprint density at radius 1 is 1.27 bits per heavy atom. The van der Waals surface area contributed by atoms with Gasteiger partial charge in [-0.25, -0.2) is 0 Å². The molecule has 1 heterocycles. The highest BCUT2D eigenvalue weighted by molar-refractivity contribution is 7.09. The molecule has 0 aliphatic rings. The predicted octanol–water partition coefficient (Wildman–Crippen LogP) is 4.75. The number of hydrogen-bond acceptors (Lipinski definition) is 1. The minimum absolute atomic E-state index is 0.530. The molecule has 1 atom stereocenters. The fourth-order valence-electron chi connectivity index (χ4n) is 1.66.